The molecular formula is C14H17NO. The standard InChI is InChI=1S/C14H17NO/c1-10-3-2-4-11(9-10)14(16)15(12-5-6-12)13-7-8-13/h2-4,9,12-13H,5-8H2,1H3. The van der Waals surface area contributed by atoms with Crippen LogP contribution in [-0.2, 0) is 0 Å². The first kappa shape index (κ1) is 9.88. The zero-order valence-electron chi connectivity index (χ0n) is 9.65. The minimum Gasteiger partial charge on any atom is -0.333 e. The maximum atomic E-state index is 12.4. The molecule has 1 amide bonds. The van der Waals surface area contributed by atoms with Crippen LogP contribution in [0.5, 0.6) is 0 Å². The first-order valence-corrected chi connectivity index (χ1v) is 6.15. The molecule has 0 saturated heterocycles. The fraction of sp³-hybridized carbons (Fsp3) is 0.500. The molecule has 2 saturated carbocycles. The smallest absolute Gasteiger partial charge is 0.254 e. The number of benzene rings is 1. The Hall–Kier alpha value is -1.31. The van der Waals surface area contributed by atoms with E-state index in [0.717, 1.165) is 11.1 Å². The number of hydrogen-bond donors (Lipinski definition) is 0. The second-order valence-electron chi connectivity index (χ2n) is 5.04. The molecule has 3 rings (SSSR count). The van der Waals surface area contributed by atoms with Gasteiger partial charge in [0.2, 0.25) is 0 Å². The Balaban J connectivity index is 1.84. The van der Waals surface area contributed by atoms with Crippen molar-refractivity contribution in [1.82, 2.24) is 4.90 Å². The average molecular weight is 215 g/mol. The Morgan fingerprint density at radius 1 is 1.19 bits per heavy atom. The van der Waals surface area contributed by atoms with E-state index in [0.29, 0.717) is 12.1 Å². The van der Waals surface area contributed by atoms with Crippen LogP contribution in [0.2, 0.25) is 0 Å². The van der Waals surface area contributed by atoms with Crippen LogP contribution in [0.1, 0.15) is 41.6 Å². The highest BCUT2D eigenvalue weighted by atomic mass is 16.2. The normalized spacial score (nSPS) is 19.6. The average Bonchev–Trinajstić information content (AvgIpc) is 3.12. The van der Waals surface area contributed by atoms with Crippen LogP contribution < -0.4 is 0 Å². The number of amides is 1. The predicted octanol–water partition coefficient (Wildman–Crippen LogP) is 2.76. The molecule has 2 aliphatic carbocycles. The van der Waals surface area contributed by atoms with E-state index in [9.17, 15) is 4.79 Å². The number of nitrogens with zero attached hydrogens (tertiary/aromatic N) is 1. The first-order chi connectivity index (χ1) is 7.75. The monoisotopic (exact) mass is 215 g/mol. The summed E-state index contributed by atoms with van der Waals surface area (Å²) in [6.45, 7) is 2.04. The van der Waals surface area contributed by atoms with Crippen molar-refractivity contribution < 1.29 is 4.79 Å². The van der Waals surface area contributed by atoms with E-state index in [1.165, 1.54) is 25.7 Å². The maximum absolute atomic E-state index is 12.4. The number of aryl methyl sites for hydroxylation is 1. The molecule has 16 heavy (non-hydrogen) atoms. The summed E-state index contributed by atoms with van der Waals surface area (Å²) in [7, 11) is 0. The van der Waals surface area contributed by atoms with Gasteiger partial charge in [-0.3, -0.25) is 4.79 Å². The number of carbonyl (C=O) groups excluding carboxylic acids is 1. The van der Waals surface area contributed by atoms with Crippen LogP contribution in [-0.4, -0.2) is 22.9 Å². The molecule has 0 spiro atoms. The zero-order chi connectivity index (χ0) is 11.1. The summed E-state index contributed by atoms with van der Waals surface area (Å²) in [5.41, 5.74) is 2.02. The van der Waals surface area contributed by atoms with Gasteiger partial charge in [-0.2, -0.15) is 0 Å². The summed E-state index contributed by atoms with van der Waals surface area (Å²) in [5, 5.41) is 0. The van der Waals surface area contributed by atoms with Crippen LogP contribution in [0.15, 0.2) is 24.3 Å². The summed E-state index contributed by atoms with van der Waals surface area (Å²) in [6.07, 6.45) is 4.81. The Morgan fingerprint density at radius 2 is 1.81 bits per heavy atom. The van der Waals surface area contributed by atoms with Crippen molar-refractivity contribution >= 4 is 5.91 Å². The van der Waals surface area contributed by atoms with E-state index in [2.05, 4.69) is 4.90 Å². The number of rotatable bonds is 3. The van der Waals surface area contributed by atoms with Gasteiger partial charge >= 0.3 is 0 Å². The van der Waals surface area contributed by atoms with Gasteiger partial charge in [0, 0.05) is 17.6 Å². The summed E-state index contributed by atoms with van der Waals surface area (Å²) < 4.78 is 0. The number of carbonyl (C=O) groups is 1. The molecule has 0 N–H and O–H groups in total. The van der Waals surface area contributed by atoms with Crippen LogP contribution >= 0.6 is 0 Å². The number of hydrogen-bond acceptors (Lipinski definition) is 1. The summed E-state index contributed by atoms with van der Waals surface area (Å²) >= 11 is 0. The molecule has 2 nitrogen and oxygen atoms in total. The van der Waals surface area contributed by atoms with Crippen LogP contribution in [0, 0.1) is 6.92 Å². The van der Waals surface area contributed by atoms with E-state index < -0.39 is 0 Å². The van der Waals surface area contributed by atoms with E-state index in [1.807, 2.05) is 31.2 Å². The third kappa shape index (κ3) is 1.84. The van der Waals surface area contributed by atoms with Crippen molar-refractivity contribution in [1.29, 1.82) is 0 Å². The largest absolute Gasteiger partial charge is 0.333 e. The molecule has 0 bridgehead atoms. The van der Waals surface area contributed by atoms with Crippen molar-refractivity contribution in [3.8, 4) is 0 Å². The second kappa shape index (κ2) is 3.62. The lowest BCUT2D eigenvalue weighted by atomic mass is 10.1. The van der Waals surface area contributed by atoms with Crippen molar-refractivity contribution in [3.05, 3.63) is 35.4 Å². The van der Waals surface area contributed by atoms with E-state index in [1.54, 1.807) is 0 Å². The molecule has 0 unspecified atom stereocenters. The second-order valence-corrected chi connectivity index (χ2v) is 5.04. The van der Waals surface area contributed by atoms with Gasteiger partial charge in [0.15, 0.2) is 0 Å². The molecule has 1 aromatic rings. The third-order valence-electron chi connectivity index (χ3n) is 3.38. The van der Waals surface area contributed by atoms with Crippen LogP contribution in [0.3, 0.4) is 0 Å². The van der Waals surface area contributed by atoms with Gasteiger partial charge in [-0.1, -0.05) is 17.7 Å². The third-order valence-corrected chi connectivity index (χ3v) is 3.38. The first-order valence-electron chi connectivity index (χ1n) is 6.15. The van der Waals surface area contributed by atoms with Gasteiger partial charge in [-0.05, 0) is 44.7 Å². The highest BCUT2D eigenvalue weighted by Gasteiger charge is 2.42. The van der Waals surface area contributed by atoms with Gasteiger partial charge in [-0.25, -0.2) is 0 Å². The van der Waals surface area contributed by atoms with Crippen molar-refractivity contribution in [3.63, 3.8) is 0 Å². The van der Waals surface area contributed by atoms with E-state index in [-0.39, 0.29) is 5.91 Å². The highest BCUT2D eigenvalue weighted by molar-refractivity contribution is 5.95. The SMILES string of the molecule is Cc1cccc(C(=O)N(C2CC2)C2CC2)c1. The van der Waals surface area contributed by atoms with Gasteiger partial charge < -0.3 is 4.90 Å². The molecule has 0 heterocycles. The minimum absolute atomic E-state index is 0.244. The molecule has 84 valence electrons. The van der Waals surface area contributed by atoms with Gasteiger partial charge in [0.05, 0.1) is 0 Å². The lowest BCUT2D eigenvalue weighted by Gasteiger charge is -2.22. The molecular weight excluding hydrogens is 198 g/mol. The molecule has 1 aromatic carbocycles. The molecule has 0 aliphatic heterocycles. The topological polar surface area (TPSA) is 20.3 Å². The fourth-order valence-electron chi connectivity index (χ4n) is 2.26. The minimum atomic E-state index is 0.244. The molecule has 0 aromatic heterocycles. The van der Waals surface area contributed by atoms with Crippen molar-refractivity contribution in [2.75, 3.05) is 0 Å². The van der Waals surface area contributed by atoms with E-state index in [4.69, 9.17) is 0 Å². The Bertz CT molecular complexity index is 406. The Kier molecular flexibility index (Phi) is 2.23. The van der Waals surface area contributed by atoms with Gasteiger partial charge in [0.1, 0.15) is 0 Å². The van der Waals surface area contributed by atoms with Crippen molar-refractivity contribution in [2.45, 2.75) is 44.7 Å². The van der Waals surface area contributed by atoms with Gasteiger partial charge in [-0.15, -0.1) is 0 Å². The molecule has 0 atom stereocenters. The summed E-state index contributed by atoms with van der Waals surface area (Å²) in [6, 6.07) is 9.03. The lowest BCUT2D eigenvalue weighted by molar-refractivity contribution is 0.0730. The van der Waals surface area contributed by atoms with Gasteiger partial charge in [0.25, 0.3) is 5.91 Å². The zero-order valence-corrected chi connectivity index (χ0v) is 9.65. The molecule has 2 heteroatoms. The quantitative estimate of drug-likeness (QED) is 0.759. The molecule has 0 radical (unpaired) electrons. The summed E-state index contributed by atoms with van der Waals surface area (Å²) in [4.78, 5) is 14.5. The Labute approximate surface area is 96.3 Å². The fourth-order valence-corrected chi connectivity index (χ4v) is 2.26. The summed E-state index contributed by atoms with van der Waals surface area (Å²) in [5.74, 6) is 0.244. The highest BCUT2D eigenvalue weighted by Crippen LogP contribution is 2.38. The Morgan fingerprint density at radius 3 is 2.31 bits per heavy atom. The lowest BCUT2D eigenvalue weighted by Crippen LogP contribution is -2.35. The predicted molar refractivity (Wildman–Crippen MR) is 63.4 cm³/mol. The molecule has 2 fully saturated rings. The maximum Gasteiger partial charge on any atom is 0.254 e. The van der Waals surface area contributed by atoms with Crippen molar-refractivity contribution in [2.24, 2.45) is 0 Å². The van der Waals surface area contributed by atoms with Crippen LogP contribution in [0.25, 0.3) is 0 Å². The molecule has 2 aliphatic rings. The van der Waals surface area contributed by atoms with E-state index >= 15 is 0 Å². The van der Waals surface area contributed by atoms with Crippen LogP contribution in [0.4, 0.5) is 0 Å².